The van der Waals surface area contributed by atoms with Gasteiger partial charge >= 0.3 is 41.8 Å². The Bertz CT molecular complexity index is 1670. The molecule has 4 aliphatic rings. The lowest BCUT2D eigenvalue weighted by molar-refractivity contribution is -0.283. The second-order valence-electron chi connectivity index (χ2n) is 22.6. The zero-order chi connectivity index (χ0) is 52.3. The monoisotopic (exact) mass is 990 g/mol. The number of aliphatic carboxylic acids is 1. The molecule has 69 heavy (non-hydrogen) atoms. The molecule has 0 aromatic rings. The SMILES string of the molecule is CC1(C)OCC(C)(C(=O)OCC(C)(COC(=O)C2(C)COC(C)(C)OC2)C(=O)OCC(C)(COC(=O)C(C)(COC(=O)C2(C)COC(C)(C)OC2)COC(=O)C2(C)COC(C)(C)OC2)C(=O)O)CO1. The highest BCUT2D eigenvalue weighted by Crippen LogP contribution is 2.37. The maximum absolute atomic E-state index is 14.1. The molecule has 0 spiro atoms. The fourth-order valence-electron chi connectivity index (χ4n) is 6.35. The molecule has 0 bridgehead atoms. The lowest BCUT2D eigenvalue weighted by Gasteiger charge is -2.40. The summed E-state index contributed by atoms with van der Waals surface area (Å²) < 4.78 is 79.0. The number of hydrogen-bond donors (Lipinski definition) is 1. The number of ether oxygens (including phenoxy) is 14. The van der Waals surface area contributed by atoms with Crippen LogP contribution < -0.4 is 0 Å². The summed E-state index contributed by atoms with van der Waals surface area (Å²) in [6.07, 6.45) is 0. The molecule has 4 aliphatic heterocycles. The number of rotatable bonds is 19. The molecule has 4 rings (SSSR count). The van der Waals surface area contributed by atoms with Crippen LogP contribution in [0.4, 0.5) is 0 Å². The van der Waals surface area contributed by atoms with E-state index in [9.17, 15) is 38.7 Å². The quantitative estimate of drug-likeness (QED) is 0.143. The maximum atomic E-state index is 14.1. The zero-order valence-electron chi connectivity index (χ0n) is 42.9. The number of carbonyl (C=O) groups excluding carboxylic acids is 6. The molecule has 0 radical (unpaired) electrons. The summed E-state index contributed by atoms with van der Waals surface area (Å²) in [5.41, 5.74) is -11.2. The highest BCUT2D eigenvalue weighted by molar-refractivity contribution is 5.83. The van der Waals surface area contributed by atoms with E-state index in [-0.39, 0.29) is 52.9 Å². The van der Waals surface area contributed by atoms with Gasteiger partial charge in [0.05, 0.1) is 52.9 Å². The van der Waals surface area contributed by atoms with Crippen molar-refractivity contribution in [2.24, 2.45) is 37.9 Å². The van der Waals surface area contributed by atoms with E-state index in [1.165, 1.54) is 13.8 Å². The molecule has 0 aromatic heterocycles. The van der Waals surface area contributed by atoms with Crippen molar-refractivity contribution in [3.63, 3.8) is 0 Å². The van der Waals surface area contributed by atoms with Gasteiger partial charge in [0.2, 0.25) is 0 Å². The minimum Gasteiger partial charge on any atom is -0.481 e. The smallest absolute Gasteiger partial charge is 0.318 e. The van der Waals surface area contributed by atoms with E-state index in [0.29, 0.717) is 0 Å². The van der Waals surface area contributed by atoms with Crippen molar-refractivity contribution in [1.82, 2.24) is 0 Å². The number of hydrogen-bond acceptors (Lipinski definition) is 21. The Morgan fingerprint density at radius 1 is 0.348 bits per heavy atom. The zero-order valence-corrected chi connectivity index (χ0v) is 42.9. The molecular weight excluding hydrogens is 916 g/mol. The van der Waals surface area contributed by atoms with E-state index in [2.05, 4.69) is 0 Å². The van der Waals surface area contributed by atoms with Crippen LogP contribution in [0, 0.1) is 37.9 Å². The van der Waals surface area contributed by atoms with Crippen molar-refractivity contribution < 1.29 is 105 Å². The highest BCUT2D eigenvalue weighted by atomic mass is 16.7. The molecule has 22 heteroatoms. The minimum atomic E-state index is -2.14. The molecule has 4 fully saturated rings. The summed E-state index contributed by atoms with van der Waals surface area (Å²) in [4.78, 5) is 94.9. The summed E-state index contributed by atoms with van der Waals surface area (Å²) >= 11 is 0. The van der Waals surface area contributed by atoms with Gasteiger partial charge < -0.3 is 71.4 Å². The molecular formula is C47H74O22. The van der Waals surface area contributed by atoms with E-state index in [0.717, 1.165) is 6.92 Å². The second kappa shape index (κ2) is 20.6. The summed E-state index contributed by atoms with van der Waals surface area (Å²) in [6.45, 7) is 18.1. The van der Waals surface area contributed by atoms with Gasteiger partial charge in [0.25, 0.3) is 0 Å². The van der Waals surface area contributed by atoms with Crippen molar-refractivity contribution >= 4 is 41.8 Å². The van der Waals surface area contributed by atoms with Gasteiger partial charge in [0, 0.05) is 0 Å². The van der Waals surface area contributed by atoms with Gasteiger partial charge in [0.1, 0.15) is 77.5 Å². The largest absolute Gasteiger partial charge is 0.481 e. The Morgan fingerprint density at radius 2 is 0.522 bits per heavy atom. The van der Waals surface area contributed by atoms with Gasteiger partial charge in [-0.05, 0) is 104 Å². The second-order valence-corrected chi connectivity index (χ2v) is 22.6. The van der Waals surface area contributed by atoms with E-state index in [4.69, 9.17) is 66.3 Å². The van der Waals surface area contributed by atoms with E-state index in [1.807, 2.05) is 0 Å². The topological polar surface area (TPSA) is 269 Å². The van der Waals surface area contributed by atoms with Crippen LogP contribution in [-0.4, -0.2) is 163 Å². The molecule has 4 heterocycles. The predicted octanol–water partition coefficient (Wildman–Crippen LogP) is 3.51. The van der Waals surface area contributed by atoms with Crippen LogP contribution >= 0.6 is 0 Å². The number of carboxylic acid groups (broad SMARTS) is 1. The molecule has 22 nitrogen and oxygen atoms in total. The normalized spacial score (nSPS) is 23.2. The molecule has 0 aliphatic carbocycles. The third kappa shape index (κ3) is 14.5. The third-order valence-corrected chi connectivity index (χ3v) is 12.5. The highest BCUT2D eigenvalue weighted by Gasteiger charge is 2.51. The van der Waals surface area contributed by atoms with E-state index < -0.39 is 142 Å². The summed E-state index contributed by atoms with van der Waals surface area (Å²) in [6, 6.07) is 0. The fraction of sp³-hybridized carbons (Fsp3) is 0.851. The van der Waals surface area contributed by atoms with Crippen LogP contribution in [0.2, 0.25) is 0 Å². The van der Waals surface area contributed by atoms with Crippen LogP contribution in [0.15, 0.2) is 0 Å². The Morgan fingerprint density at radius 3 is 0.696 bits per heavy atom. The van der Waals surface area contributed by atoms with E-state index >= 15 is 0 Å². The average Bonchev–Trinajstić information content (AvgIpc) is 3.28. The van der Waals surface area contributed by atoms with E-state index in [1.54, 1.807) is 83.1 Å². The first kappa shape index (κ1) is 57.5. The molecule has 0 atom stereocenters. The van der Waals surface area contributed by atoms with Crippen LogP contribution in [0.3, 0.4) is 0 Å². The third-order valence-electron chi connectivity index (χ3n) is 12.5. The van der Waals surface area contributed by atoms with Crippen molar-refractivity contribution in [3.05, 3.63) is 0 Å². The standard InChI is InChI=1S/C47H74O22/c1-37(2)62-22-44(12,23-63-37)33(52)58-18-42(10,19-59-34(53)45(13)24-64-38(3,4)65-25-45)31(50)56-16-41(9,30(48)49)17-57-32(51)43(11,20-60-35(54)46(14)26-66-39(5,6)67-27-46)21-61-36(55)47(15)28-68-40(7,8)69-29-47/h16-29H2,1-15H3,(H,48,49). The Labute approximate surface area is 403 Å². The van der Waals surface area contributed by atoms with Gasteiger partial charge in [-0.25, -0.2) is 0 Å². The lowest BCUT2D eigenvalue weighted by atomic mass is 9.89. The van der Waals surface area contributed by atoms with Gasteiger partial charge in [-0.15, -0.1) is 0 Å². The lowest BCUT2D eigenvalue weighted by Crippen LogP contribution is -2.52. The number of carboxylic acids is 1. The summed E-state index contributed by atoms with van der Waals surface area (Å²) in [5, 5.41) is 10.5. The van der Waals surface area contributed by atoms with Crippen molar-refractivity contribution in [2.75, 3.05) is 92.5 Å². The number of carbonyl (C=O) groups is 7. The molecule has 0 aromatic carbocycles. The summed E-state index contributed by atoms with van der Waals surface area (Å²) in [7, 11) is 0. The maximum Gasteiger partial charge on any atom is 0.318 e. The molecule has 4 saturated heterocycles. The molecule has 394 valence electrons. The van der Waals surface area contributed by atoms with Crippen LogP contribution in [0.25, 0.3) is 0 Å². The van der Waals surface area contributed by atoms with Crippen molar-refractivity contribution in [2.45, 2.75) is 127 Å². The fourth-order valence-corrected chi connectivity index (χ4v) is 6.35. The van der Waals surface area contributed by atoms with Crippen molar-refractivity contribution in [1.29, 1.82) is 0 Å². The van der Waals surface area contributed by atoms with Crippen molar-refractivity contribution in [3.8, 4) is 0 Å². The molecule has 0 amide bonds. The molecule has 0 unspecified atom stereocenters. The summed E-state index contributed by atoms with van der Waals surface area (Å²) in [5.74, 6) is -10.9. The average molecular weight is 991 g/mol. The minimum absolute atomic E-state index is 0.0765. The van der Waals surface area contributed by atoms with Crippen LogP contribution in [0.1, 0.15) is 104 Å². The van der Waals surface area contributed by atoms with Gasteiger partial charge in [-0.3, -0.25) is 33.6 Å². The number of esters is 6. The van der Waals surface area contributed by atoms with Crippen LogP contribution in [0.5, 0.6) is 0 Å². The van der Waals surface area contributed by atoms with Gasteiger partial charge in [-0.2, -0.15) is 0 Å². The first-order valence-electron chi connectivity index (χ1n) is 22.8. The Balaban J connectivity index is 1.51. The van der Waals surface area contributed by atoms with Gasteiger partial charge in [0.15, 0.2) is 23.1 Å². The molecule has 1 N–H and O–H groups in total. The predicted molar refractivity (Wildman–Crippen MR) is 234 cm³/mol. The first-order chi connectivity index (χ1) is 31.4. The van der Waals surface area contributed by atoms with Crippen LogP contribution in [-0.2, 0) is 99.9 Å². The first-order valence-corrected chi connectivity index (χ1v) is 22.8. The Hall–Kier alpha value is -4.03. The Kier molecular flexibility index (Phi) is 17.2. The molecule has 0 saturated carbocycles. The van der Waals surface area contributed by atoms with Gasteiger partial charge in [-0.1, -0.05) is 0 Å².